The molecule has 0 radical (unpaired) electrons. The lowest BCUT2D eigenvalue weighted by Gasteiger charge is -2.05. The Labute approximate surface area is 188 Å². The summed E-state index contributed by atoms with van der Waals surface area (Å²) in [4.78, 5) is 30.9. The third-order valence-electron chi connectivity index (χ3n) is 5.12. The molecular formula is C23H21N3O3S2. The number of aromatic nitrogens is 1. The monoisotopic (exact) mass is 451 g/mol. The number of aryl methyl sites for hydroxylation is 2. The maximum atomic E-state index is 12.5. The molecule has 0 bridgehead atoms. The number of esters is 1. The number of nitrogens with one attached hydrogen (secondary N) is 1. The van der Waals surface area contributed by atoms with Crippen LogP contribution in [0.4, 0.5) is 5.00 Å². The van der Waals surface area contributed by atoms with Crippen LogP contribution in [0, 0.1) is 18.3 Å². The van der Waals surface area contributed by atoms with Gasteiger partial charge in [0.1, 0.15) is 21.0 Å². The van der Waals surface area contributed by atoms with Gasteiger partial charge in [-0.05, 0) is 38.2 Å². The van der Waals surface area contributed by atoms with Gasteiger partial charge in [0.05, 0.1) is 11.3 Å². The number of nitriles is 1. The predicted octanol–water partition coefficient (Wildman–Crippen LogP) is 5.12. The maximum absolute atomic E-state index is 12.5. The predicted molar refractivity (Wildman–Crippen MR) is 121 cm³/mol. The summed E-state index contributed by atoms with van der Waals surface area (Å²) in [6.45, 7) is 1.34. The summed E-state index contributed by atoms with van der Waals surface area (Å²) >= 11 is 2.70. The van der Waals surface area contributed by atoms with Gasteiger partial charge >= 0.3 is 5.97 Å². The molecule has 0 saturated carbocycles. The topological polar surface area (TPSA) is 92.1 Å². The van der Waals surface area contributed by atoms with Crippen molar-refractivity contribution in [3.05, 3.63) is 56.9 Å². The molecule has 6 nitrogen and oxygen atoms in total. The van der Waals surface area contributed by atoms with Crippen LogP contribution in [-0.2, 0) is 22.4 Å². The lowest BCUT2D eigenvalue weighted by molar-refractivity contribution is -0.119. The zero-order valence-corrected chi connectivity index (χ0v) is 18.7. The standard InChI is InChI=1S/C23H21N3O3S2/c1-14-20(31-21(25-14)15-8-4-2-5-9-15)23(28)29-13-19(27)26-22-17(12-24)16-10-6-3-7-11-18(16)30-22/h2,4-5,8-9H,3,6-7,10-11,13H2,1H3,(H,26,27). The lowest BCUT2D eigenvalue weighted by Crippen LogP contribution is -2.20. The largest absolute Gasteiger partial charge is 0.451 e. The number of nitrogens with zero attached hydrogens (tertiary/aromatic N) is 2. The quantitative estimate of drug-likeness (QED) is 0.430. The molecular weight excluding hydrogens is 430 g/mol. The third kappa shape index (κ3) is 4.68. The third-order valence-corrected chi connectivity index (χ3v) is 7.52. The number of hydrogen-bond donors (Lipinski definition) is 1. The first kappa shape index (κ1) is 21.2. The van der Waals surface area contributed by atoms with Gasteiger partial charge in [0.15, 0.2) is 6.61 Å². The van der Waals surface area contributed by atoms with E-state index in [0.717, 1.165) is 48.2 Å². The van der Waals surface area contributed by atoms with Crippen LogP contribution in [-0.4, -0.2) is 23.5 Å². The van der Waals surface area contributed by atoms with E-state index in [1.165, 1.54) is 27.6 Å². The fourth-order valence-electron chi connectivity index (χ4n) is 3.60. The summed E-state index contributed by atoms with van der Waals surface area (Å²) < 4.78 is 5.23. The van der Waals surface area contributed by atoms with E-state index < -0.39 is 18.5 Å². The molecule has 1 N–H and O–H groups in total. The molecule has 0 spiro atoms. The van der Waals surface area contributed by atoms with Crippen molar-refractivity contribution in [2.45, 2.75) is 39.0 Å². The van der Waals surface area contributed by atoms with Crippen molar-refractivity contribution in [2.75, 3.05) is 11.9 Å². The molecule has 0 fully saturated rings. The number of fused-ring (bicyclic) bond motifs is 1. The first-order chi connectivity index (χ1) is 15.1. The van der Waals surface area contributed by atoms with Gasteiger partial charge in [0.2, 0.25) is 0 Å². The Morgan fingerprint density at radius 3 is 2.71 bits per heavy atom. The molecule has 3 aromatic rings. The van der Waals surface area contributed by atoms with Crippen molar-refractivity contribution in [2.24, 2.45) is 0 Å². The van der Waals surface area contributed by atoms with Gasteiger partial charge in [-0.1, -0.05) is 36.8 Å². The second-order valence-electron chi connectivity index (χ2n) is 7.30. The minimum absolute atomic E-state index is 0.382. The highest BCUT2D eigenvalue weighted by Crippen LogP contribution is 2.37. The van der Waals surface area contributed by atoms with Gasteiger partial charge in [0.25, 0.3) is 5.91 Å². The molecule has 31 heavy (non-hydrogen) atoms. The zero-order chi connectivity index (χ0) is 21.8. The van der Waals surface area contributed by atoms with Gasteiger partial charge in [-0.25, -0.2) is 9.78 Å². The van der Waals surface area contributed by atoms with Crippen molar-refractivity contribution in [3.8, 4) is 16.6 Å². The molecule has 0 atom stereocenters. The van der Waals surface area contributed by atoms with Crippen molar-refractivity contribution >= 4 is 39.6 Å². The molecule has 158 valence electrons. The van der Waals surface area contributed by atoms with E-state index in [4.69, 9.17) is 4.74 Å². The van der Waals surface area contributed by atoms with Gasteiger partial charge in [-0.15, -0.1) is 22.7 Å². The molecule has 0 saturated heterocycles. The molecule has 1 aliphatic carbocycles. The van der Waals surface area contributed by atoms with Crippen molar-refractivity contribution in [1.82, 2.24) is 4.98 Å². The molecule has 1 amide bonds. The summed E-state index contributed by atoms with van der Waals surface area (Å²) in [5, 5.41) is 13.6. The second kappa shape index (κ2) is 9.41. The summed E-state index contributed by atoms with van der Waals surface area (Å²) in [5.41, 5.74) is 3.11. The summed E-state index contributed by atoms with van der Waals surface area (Å²) in [6.07, 6.45) is 5.12. The molecule has 1 aliphatic rings. The fourth-order valence-corrected chi connectivity index (χ4v) is 5.82. The van der Waals surface area contributed by atoms with Crippen molar-refractivity contribution in [3.63, 3.8) is 0 Å². The van der Waals surface area contributed by atoms with Gasteiger partial charge in [-0.3, -0.25) is 4.79 Å². The van der Waals surface area contributed by atoms with Crippen LogP contribution >= 0.6 is 22.7 Å². The van der Waals surface area contributed by atoms with Crippen LogP contribution in [0.15, 0.2) is 30.3 Å². The zero-order valence-electron chi connectivity index (χ0n) is 17.1. The van der Waals surface area contributed by atoms with Gasteiger partial charge in [0, 0.05) is 10.4 Å². The first-order valence-corrected chi connectivity index (χ1v) is 11.7. The van der Waals surface area contributed by atoms with Crippen molar-refractivity contribution < 1.29 is 14.3 Å². The number of thiazole rings is 1. The number of ether oxygens (including phenoxy) is 1. The normalized spacial score (nSPS) is 13.0. The van der Waals surface area contributed by atoms with E-state index in [-0.39, 0.29) is 0 Å². The van der Waals surface area contributed by atoms with E-state index in [2.05, 4.69) is 16.4 Å². The van der Waals surface area contributed by atoms with Gasteiger partial charge < -0.3 is 10.1 Å². The van der Waals surface area contributed by atoms with E-state index in [0.29, 0.717) is 21.1 Å². The van der Waals surface area contributed by atoms with Crippen LogP contribution in [0.25, 0.3) is 10.6 Å². The van der Waals surface area contributed by atoms with Crippen LogP contribution in [0.2, 0.25) is 0 Å². The van der Waals surface area contributed by atoms with E-state index in [1.54, 1.807) is 6.92 Å². The number of thiophene rings is 1. The first-order valence-electron chi connectivity index (χ1n) is 10.1. The minimum atomic E-state index is -0.574. The Hall–Kier alpha value is -3.02. The average molecular weight is 452 g/mol. The summed E-state index contributed by atoms with van der Waals surface area (Å²) in [6, 6.07) is 11.8. The molecule has 1 aromatic carbocycles. The highest BCUT2D eigenvalue weighted by Gasteiger charge is 2.22. The van der Waals surface area contributed by atoms with Crippen LogP contribution in [0.1, 0.15) is 50.6 Å². The molecule has 8 heteroatoms. The smallest absolute Gasteiger partial charge is 0.350 e. The molecule has 4 rings (SSSR count). The Balaban J connectivity index is 1.40. The maximum Gasteiger partial charge on any atom is 0.350 e. The van der Waals surface area contributed by atoms with E-state index in [9.17, 15) is 14.9 Å². The summed E-state index contributed by atoms with van der Waals surface area (Å²) in [7, 11) is 0. The second-order valence-corrected chi connectivity index (χ2v) is 9.41. The number of carbonyl (C=O) groups excluding carboxylic acids is 2. The Morgan fingerprint density at radius 1 is 1.16 bits per heavy atom. The van der Waals surface area contributed by atoms with Crippen molar-refractivity contribution in [1.29, 1.82) is 5.26 Å². The van der Waals surface area contributed by atoms with E-state index >= 15 is 0 Å². The Bertz CT molecular complexity index is 1160. The fraction of sp³-hybridized carbons (Fsp3) is 0.304. The highest BCUT2D eigenvalue weighted by atomic mass is 32.1. The Kier molecular flexibility index (Phi) is 6.44. The number of hydrogen-bond acceptors (Lipinski definition) is 7. The average Bonchev–Trinajstić information content (AvgIpc) is 3.23. The number of rotatable bonds is 5. The van der Waals surface area contributed by atoms with Crippen LogP contribution in [0.3, 0.4) is 0 Å². The highest BCUT2D eigenvalue weighted by molar-refractivity contribution is 7.17. The Morgan fingerprint density at radius 2 is 1.94 bits per heavy atom. The van der Waals surface area contributed by atoms with Crippen LogP contribution in [0.5, 0.6) is 0 Å². The molecule has 2 heterocycles. The lowest BCUT2D eigenvalue weighted by atomic mass is 10.1. The SMILES string of the molecule is Cc1nc(-c2ccccc2)sc1C(=O)OCC(=O)Nc1sc2c(c1C#N)CCCCC2. The molecule has 0 unspecified atom stereocenters. The number of amides is 1. The van der Waals surface area contributed by atoms with Crippen LogP contribution < -0.4 is 5.32 Å². The number of benzene rings is 1. The number of anilines is 1. The minimum Gasteiger partial charge on any atom is -0.451 e. The molecule has 2 aromatic heterocycles. The molecule has 0 aliphatic heterocycles. The number of carbonyl (C=O) groups is 2. The van der Waals surface area contributed by atoms with Gasteiger partial charge in [-0.2, -0.15) is 5.26 Å². The summed E-state index contributed by atoms with van der Waals surface area (Å²) in [5.74, 6) is -1.03. The van der Waals surface area contributed by atoms with E-state index in [1.807, 2.05) is 30.3 Å².